The molecular weight excluding hydrogens is 316 g/mol. The number of urea groups is 1. The molecule has 1 fully saturated rings. The van der Waals surface area contributed by atoms with E-state index in [9.17, 15) is 9.90 Å². The first-order chi connectivity index (χ1) is 12.2. The van der Waals surface area contributed by atoms with Gasteiger partial charge >= 0.3 is 6.03 Å². The van der Waals surface area contributed by atoms with E-state index >= 15 is 0 Å². The quantitative estimate of drug-likeness (QED) is 0.774. The number of nitrogens with one attached hydrogen (secondary N) is 1. The largest absolute Gasteiger partial charge is 0.394 e. The molecule has 1 heterocycles. The number of nitrogens with zero attached hydrogens (tertiary/aromatic N) is 3. The minimum Gasteiger partial charge on any atom is -0.394 e. The number of aliphatic hydroxyl groups is 1. The zero-order valence-electron chi connectivity index (χ0n) is 14.6. The van der Waals surface area contributed by atoms with E-state index in [1.54, 1.807) is 21.8 Å². The number of anilines is 1. The van der Waals surface area contributed by atoms with E-state index < -0.39 is 0 Å². The zero-order chi connectivity index (χ0) is 17.6. The van der Waals surface area contributed by atoms with Crippen LogP contribution in [0.3, 0.4) is 0 Å². The molecule has 0 aliphatic heterocycles. The van der Waals surface area contributed by atoms with Crippen molar-refractivity contribution in [2.75, 3.05) is 11.9 Å². The van der Waals surface area contributed by atoms with Crippen molar-refractivity contribution < 1.29 is 9.90 Å². The Balaban J connectivity index is 1.77. The Morgan fingerprint density at radius 1 is 1.36 bits per heavy atom. The number of hydrogen-bond acceptors (Lipinski definition) is 3. The molecule has 0 saturated heterocycles. The third-order valence-corrected chi connectivity index (χ3v) is 4.60. The summed E-state index contributed by atoms with van der Waals surface area (Å²) in [6.07, 6.45) is 4.77. The number of carbonyl (C=O) groups is 1. The zero-order valence-corrected chi connectivity index (χ0v) is 14.6. The van der Waals surface area contributed by atoms with Crippen LogP contribution in [0, 0.1) is 5.92 Å². The van der Waals surface area contributed by atoms with Crippen LogP contribution in [-0.4, -0.2) is 38.5 Å². The van der Waals surface area contributed by atoms with Gasteiger partial charge in [-0.25, -0.2) is 9.48 Å². The molecule has 6 nitrogen and oxygen atoms in total. The average molecular weight is 342 g/mol. The molecule has 3 rings (SSSR count). The van der Waals surface area contributed by atoms with Gasteiger partial charge in [-0.05, 0) is 30.7 Å². The van der Waals surface area contributed by atoms with Crippen molar-refractivity contribution in [3.05, 3.63) is 48.2 Å². The summed E-state index contributed by atoms with van der Waals surface area (Å²) < 4.78 is 1.80. The van der Waals surface area contributed by atoms with Gasteiger partial charge in [0.05, 0.1) is 18.8 Å². The Kier molecular flexibility index (Phi) is 5.71. The highest BCUT2D eigenvalue weighted by molar-refractivity contribution is 5.88. The molecule has 1 aliphatic rings. The van der Waals surface area contributed by atoms with Gasteiger partial charge in [0, 0.05) is 19.2 Å². The van der Waals surface area contributed by atoms with E-state index in [2.05, 4.69) is 17.3 Å². The fraction of sp³-hybridized carbons (Fsp3) is 0.474. The van der Waals surface area contributed by atoms with Crippen LogP contribution in [0.1, 0.15) is 31.7 Å². The fourth-order valence-electron chi connectivity index (χ4n) is 3.11. The van der Waals surface area contributed by atoms with E-state index in [1.807, 2.05) is 30.3 Å². The molecule has 0 radical (unpaired) electrons. The monoisotopic (exact) mass is 342 g/mol. The summed E-state index contributed by atoms with van der Waals surface area (Å²) in [5.41, 5.74) is 1.05. The van der Waals surface area contributed by atoms with E-state index in [0.29, 0.717) is 18.3 Å². The molecule has 6 heteroatoms. The van der Waals surface area contributed by atoms with Gasteiger partial charge in [0.15, 0.2) is 0 Å². The minimum atomic E-state index is -0.187. The van der Waals surface area contributed by atoms with Gasteiger partial charge < -0.3 is 10.0 Å². The highest BCUT2D eigenvalue weighted by Crippen LogP contribution is 2.36. The smallest absolute Gasteiger partial charge is 0.323 e. The second-order valence-corrected chi connectivity index (χ2v) is 6.57. The first-order valence-corrected chi connectivity index (χ1v) is 8.97. The number of aryl methyl sites for hydroxylation is 1. The highest BCUT2D eigenvalue weighted by Gasteiger charge is 2.37. The van der Waals surface area contributed by atoms with Crippen molar-refractivity contribution in [2.45, 2.75) is 45.3 Å². The Hall–Kier alpha value is -2.34. The summed E-state index contributed by atoms with van der Waals surface area (Å²) in [6.45, 7) is 3.30. The van der Waals surface area contributed by atoms with Crippen molar-refractivity contribution >= 4 is 11.8 Å². The second-order valence-electron chi connectivity index (χ2n) is 6.57. The average Bonchev–Trinajstić information content (AvgIpc) is 3.37. The van der Waals surface area contributed by atoms with Crippen LogP contribution < -0.4 is 5.32 Å². The van der Waals surface area contributed by atoms with Crippen LogP contribution in [0.15, 0.2) is 42.6 Å². The topological polar surface area (TPSA) is 70.4 Å². The molecule has 1 saturated carbocycles. The molecule has 2 amide bonds. The maximum Gasteiger partial charge on any atom is 0.323 e. The molecule has 2 aromatic rings. The third kappa shape index (κ3) is 4.39. The molecule has 1 aliphatic carbocycles. The van der Waals surface area contributed by atoms with Gasteiger partial charge in [-0.3, -0.25) is 5.32 Å². The minimum absolute atomic E-state index is 0.0147. The summed E-state index contributed by atoms with van der Waals surface area (Å²) in [7, 11) is 0. The standard InChI is InChI=1S/C19H26N4O2/c1-2-12-23-18(10-11-20-23)21-19(25)22(17(14-24)16-8-9-16)13-15-6-4-3-5-7-15/h3-7,10-11,16-17,24H,2,8-9,12-14H2,1H3,(H,21,25). The van der Waals surface area contributed by atoms with E-state index in [-0.39, 0.29) is 18.7 Å². The molecule has 1 atom stereocenters. The first-order valence-electron chi connectivity index (χ1n) is 8.97. The van der Waals surface area contributed by atoms with Crippen LogP contribution in [0.25, 0.3) is 0 Å². The van der Waals surface area contributed by atoms with Gasteiger partial charge in [0.25, 0.3) is 0 Å². The maximum atomic E-state index is 13.0. The molecule has 0 bridgehead atoms. The Labute approximate surface area is 148 Å². The van der Waals surface area contributed by atoms with Crippen LogP contribution in [-0.2, 0) is 13.1 Å². The van der Waals surface area contributed by atoms with Crippen molar-refractivity contribution in [1.82, 2.24) is 14.7 Å². The number of amides is 2. The van der Waals surface area contributed by atoms with E-state index in [1.165, 1.54) is 0 Å². The van der Waals surface area contributed by atoms with Crippen molar-refractivity contribution in [2.24, 2.45) is 5.92 Å². The van der Waals surface area contributed by atoms with Gasteiger partial charge in [-0.15, -0.1) is 0 Å². The number of aliphatic hydroxyl groups excluding tert-OH is 1. The van der Waals surface area contributed by atoms with Gasteiger partial charge in [0.2, 0.25) is 0 Å². The van der Waals surface area contributed by atoms with Crippen molar-refractivity contribution in [3.63, 3.8) is 0 Å². The lowest BCUT2D eigenvalue weighted by atomic mass is 10.1. The molecule has 1 aromatic heterocycles. The molecule has 1 aromatic carbocycles. The SMILES string of the molecule is CCCn1nccc1NC(=O)N(Cc1ccccc1)C(CO)C1CC1. The normalized spacial score (nSPS) is 15.0. The number of aromatic nitrogens is 2. The second kappa shape index (κ2) is 8.16. The third-order valence-electron chi connectivity index (χ3n) is 4.60. The number of rotatable bonds is 8. The molecule has 2 N–H and O–H groups in total. The Bertz CT molecular complexity index is 682. The van der Waals surface area contributed by atoms with Crippen LogP contribution in [0.2, 0.25) is 0 Å². The van der Waals surface area contributed by atoms with Crippen molar-refractivity contribution in [3.8, 4) is 0 Å². The fourth-order valence-corrected chi connectivity index (χ4v) is 3.11. The van der Waals surface area contributed by atoms with Crippen molar-refractivity contribution in [1.29, 1.82) is 0 Å². The summed E-state index contributed by atoms with van der Waals surface area (Å²) in [4.78, 5) is 14.7. The van der Waals surface area contributed by atoms with Crippen LogP contribution >= 0.6 is 0 Å². The number of hydrogen-bond donors (Lipinski definition) is 2. The molecule has 1 unspecified atom stereocenters. The summed E-state index contributed by atoms with van der Waals surface area (Å²) in [5.74, 6) is 1.08. The Morgan fingerprint density at radius 2 is 2.12 bits per heavy atom. The van der Waals surface area contributed by atoms with E-state index in [0.717, 1.165) is 31.4 Å². The lowest BCUT2D eigenvalue weighted by Crippen LogP contribution is -2.45. The van der Waals surface area contributed by atoms with Gasteiger partial charge in [-0.1, -0.05) is 37.3 Å². The predicted octanol–water partition coefficient (Wildman–Crippen LogP) is 3.10. The van der Waals surface area contributed by atoms with Gasteiger partial charge in [-0.2, -0.15) is 5.10 Å². The predicted molar refractivity (Wildman–Crippen MR) is 97.1 cm³/mol. The molecular formula is C19H26N4O2. The highest BCUT2D eigenvalue weighted by atomic mass is 16.3. The van der Waals surface area contributed by atoms with Crippen LogP contribution in [0.5, 0.6) is 0 Å². The summed E-state index contributed by atoms with van der Waals surface area (Å²) >= 11 is 0. The lowest BCUT2D eigenvalue weighted by Gasteiger charge is -2.31. The number of benzene rings is 1. The summed E-state index contributed by atoms with van der Waals surface area (Å²) in [5, 5.41) is 17.1. The lowest BCUT2D eigenvalue weighted by molar-refractivity contribution is 0.124. The molecule has 134 valence electrons. The molecule has 0 spiro atoms. The van der Waals surface area contributed by atoms with Crippen LogP contribution in [0.4, 0.5) is 10.6 Å². The summed E-state index contributed by atoms with van der Waals surface area (Å²) in [6, 6.07) is 11.4. The van der Waals surface area contributed by atoms with E-state index in [4.69, 9.17) is 0 Å². The Morgan fingerprint density at radius 3 is 2.76 bits per heavy atom. The first kappa shape index (κ1) is 17.5. The number of carbonyl (C=O) groups excluding carboxylic acids is 1. The maximum absolute atomic E-state index is 13.0. The molecule has 25 heavy (non-hydrogen) atoms. The van der Waals surface area contributed by atoms with Gasteiger partial charge in [0.1, 0.15) is 5.82 Å².